The molecule has 0 saturated heterocycles. The number of para-hydroxylation sites is 2. The van der Waals surface area contributed by atoms with Crippen molar-refractivity contribution in [3.63, 3.8) is 0 Å². The quantitative estimate of drug-likeness (QED) is 0.640. The molecule has 7 nitrogen and oxygen atoms in total. The average Bonchev–Trinajstić information content (AvgIpc) is 3.04. The molecular weight excluding hydrogens is 368 g/mol. The summed E-state index contributed by atoms with van der Waals surface area (Å²) in [5.74, 6) is 1.05. The number of aromatic nitrogens is 1. The van der Waals surface area contributed by atoms with E-state index in [1.165, 1.54) is 16.5 Å². The Morgan fingerprint density at radius 2 is 1.86 bits per heavy atom. The standard InChI is InChI=1S/C22H28N4O3/c1-25(2)19(16-14-26(3)18-11-7-6-9-15(16)18)13-23-22(27)24-17-10-8-12-20(28-4)21(17)29-5/h6-12,14,19H,13H2,1-5H3,(H2,23,24,27)/t19-/m1/s1. The van der Waals surface area contributed by atoms with Crippen molar-refractivity contribution in [2.24, 2.45) is 7.05 Å². The second kappa shape index (κ2) is 8.87. The fourth-order valence-electron chi connectivity index (χ4n) is 3.55. The zero-order valence-electron chi connectivity index (χ0n) is 17.5. The van der Waals surface area contributed by atoms with Crippen molar-refractivity contribution >= 4 is 22.6 Å². The van der Waals surface area contributed by atoms with Gasteiger partial charge in [-0.2, -0.15) is 0 Å². The minimum Gasteiger partial charge on any atom is -0.493 e. The van der Waals surface area contributed by atoms with Gasteiger partial charge in [-0.3, -0.25) is 0 Å². The van der Waals surface area contributed by atoms with Crippen molar-refractivity contribution in [2.75, 3.05) is 40.2 Å². The molecule has 29 heavy (non-hydrogen) atoms. The fraction of sp³-hybridized carbons (Fsp3) is 0.318. The van der Waals surface area contributed by atoms with Gasteiger partial charge >= 0.3 is 6.03 Å². The summed E-state index contributed by atoms with van der Waals surface area (Å²) in [5.41, 5.74) is 2.89. The topological polar surface area (TPSA) is 67.8 Å². The van der Waals surface area contributed by atoms with Crippen LogP contribution in [0.3, 0.4) is 0 Å². The van der Waals surface area contributed by atoms with Crippen molar-refractivity contribution in [3.05, 3.63) is 54.2 Å². The van der Waals surface area contributed by atoms with E-state index in [-0.39, 0.29) is 12.1 Å². The zero-order chi connectivity index (χ0) is 21.0. The number of benzene rings is 2. The number of hydrogen-bond donors (Lipinski definition) is 2. The smallest absolute Gasteiger partial charge is 0.319 e. The van der Waals surface area contributed by atoms with Gasteiger partial charge in [0.05, 0.1) is 25.9 Å². The Hall–Kier alpha value is -3.19. The van der Waals surface area contributed by atoms with Crippen LogP contribution in [0.1, 0.15) is 11.6 Å². The number of urea groups is 1. The van der Waals surface area contributed by atoms with Crippen molar-refractivity contribution in [1.29, 1.82) is 0 Å². The molecule has 0 saturated carbocycles. The van der Waals surface area contributed by atoms with Gasteiger partial charge in [-0.1, -0.05) is 24.3 Å². The molecule has 154 valence electrons. The Morgan fingerprint density at radius 1 is 1.10 bits per heavy atom. The van der Waals surface area contributed by atoms with Crippen LogP contribution >= 0.6 is 0 Å². The molecule has 0 fully saturated rings. The zero-order valence-corrected chi connectivity index (χ0v) is 17.5. The SMILES string of the molecule is COc1cccc(NC(=O)NC[C@H](c2cn(C)c3ccccc23)N(C)C)c1OC. The first-order valence-electron chi connectivity index (χ1n) is 9.42. The summed E-state index contributed by atoms with van der Waals surface area (Å²) in [6.45, 7) is 0.457. The van der Waals surface area contributed by atoms with Crippen LogP contribution in [0.5, 0.6) is 11.5 Å². The Labute approximate surface area is 171 Å². The molecule has 0 spiro atoms. The number of aryl methyl sites for hydroxylation is 1. The lowest BCUT2D eigenvalue weighted by atomic mass is 10.0. The van der Waals surface area contributed by atoms with Gasteiger partial charge in [0, 0.05) is 30.7 Å². The maximum Gasteiger partial charge on any atom is 0.319 e. The molecule has 7 heteroatoms. The molecule has 3 aromatic rings. The molecule has 0 aliphatic carbocycles. The lowest BCUT2D eigenvalue weighted by molar-refractivity contribution is 0.243. The highest BCUT2D eigenvalue weighted by Crippen LogP contribution is 2.34. The summed E-state index contributed by atoms with van der Waals surface area (Å²) in [6, 6.07) is 13.4. The predicted molar refractivity (Wildman–Crippen MR) is 116 cm³/mol. The molecular formula is C22H28N4O3. The number of amides is 2. The second-order valence-corrected chi connectivity index (χ2v) is 7.07. The van der Waals surface area contributed by atoms with E-state index in [0.29, 0.717) is 23.7 Å². The number of ether oxygens (including phenoxy) is 2. The normalized spacial score (nSPS) is 12.1. The van der Waals surface area contributed by atoms with E-state index in [4.69, 9.17) is 9.47 Å². The number of hydrogen-bond acceptors (Lipinski definition) is 4. The summed E-state index contributed by atoms with van der Waals surface area (Å²) in [4.78, 5) is 14.7. The Kier molecular flexibility index (Phi) is 6.29. The molecule has 2 aromatic carbocycles. The molecule has 2 amide bonds. The molecule has 3 rings (SSSR count). The van der Waals surface area contributed by atoms with Gasteiger partial charge in [0.15, 0.2) is 11.5 Å². The van der Waals surface area contributed by atoms with E-state index >= 15 is 0 Å². The highest BCUT2D eigenvalue weighted by Gasteiger charge is 2.20. The van der Waals surface area contributed by atoms with E-state index in [2.05, 4.69) is 38.4 Å². The minimum absolute atomic E-state index is 0.0269. The maximum atomic E-state index is 12.6. The molecule has 1 atom stereocenters. The van der Waals surface area contributed by atoms with Crippen molar-refractivity contribution in [2.45, 2.75) is 6.04 Å². The number of fused-ring (bicyclic) bond motifs is 1. The van der Waals surface area contributed by atoms with Crippen LogP contribution in [-0.2, 0) is 7.05 Å². The van der Waals surface area contributed by atoms with Crippen LogP contribution in [0.25, 0.3) is 10.9 Å². The summed E-state index contributed by atoms with van der Waals surface area (Å²) in [5, 5.41) is 7.01. The molecule has 0 unspecified atom stereocenters. The lowest BCUT2D eigenvalue weighted by Crippen LogP contribution is -2.36. The molecule has 2 N–H and O–H groups in total. The van der Waals surface area contributed by atoms with Gasteiger partial charge in [-0.15, -0.1) is 0 Å². The summed E-state index contributed by atoms with van der Waals surface area (Å²) in [6.07, 6.45) is 2.13. The molecule has 1 aromatic heterocycles. The van der Waals surface area contributed by atoms with Gasteiger partial charge < -0.3 is 29.6 Å². The molecule has 0 radical (unpaired) electrons. The van der Waals surface area contributed by atoms with Gasteiger partial charge in [0.25, 0.3) is 0 Å². The Morgan fingerprint density at radius 3 is 2.55 bits per heavy atom. The van der Waals surface area contributed by atoms with Crippen molar-refractivity contribution in [1.82, 2.24) is 14.8 Å². The first-order chi connectivity index (χ1) is 14.0. The van der Waals surface area contributed by atoms with Crippen LogP contribution in [0.4, 0.5) is 10.5 Å². The largest absolute Gasteiger partial charge is 0.493 e. The van der Waals surface area contributed by atoms with Crippen LogP contribution in [0.2, 0.25) is 0 Å². The average molecular weight is 396 g/mol. The fourth-order valence-corrected chi connectivity index (χ4v) is 3.55. The van der Waals surface area contributed by atoms with E-state index in [1.807, 2.05) is 33.3 Å². The summed E-state index contributed by atoms with van der Waals surface area (Å²) in [7, 11) is 9.17. The number of methoxy groups -OCH3 is 2. The van der Waals surface area contributed by atoms with E-state index in [9.17, 15) is 4.79 Å². The van der Waals surface area contributed by atoms with E-state index in [0.717, 1.165) is 0 Å². The molecule has 0 bridgehead atoms. The number of carbonyl (C=O) groups excluding carboxylic acids is 1. The third-order valence-corrected chi connectivity index (χ3v) is 5.02. The first kappa shape index (κ1) is 20.5. The predicted octanol–water partition coefficient (Wildman–Crippen LogP) is 3.62. The molecule has 0 aliphatic heterocycles. The summed E-state index contributed by atoms with van der Waals surface area (Å²) < 4.78 is 12.8. The van der Waals surface area contributed by atoms with Gasteiger partial charge in [-0.25, -0.2) is 4.79 Å². The van der Waals surface area contributed by atoms with Crippen LogP contribution in [0.15, 0.2) is 48.7 Å². The number of anilines is 1. The third-order valence-electron chi connectivity index (χ3n) is 5.02. The highest BCUT2D eigenvalue weighted by molar-refractivity contribution is 5.91. The van der Waals surface area contributed by atoms with Gasteiger partial charge in [-0.05, 0) is 37.9 Å². The minimum atomic E-state index is -0.302. The van der Waals surface area contributed by atoms with Gasteiger partial charge in [0.1, 0.15) is 0 Å². The van der Waals surface area contributed by atoms with Crippen molar-refractivity contribution < 1.29 is 14.3 Å². The summed E-state index contributed by atoms with van der Waals surface area (Å²) >= 11 is 0. The van der Waals surface area contributed by atoms with Crippen molar-refractivity contribution in [3.8, 4) is 11.5 Å². The Bertz CT molecular complexity index is 997. The van der Waals surface area contributed by atoms with Crippen LogP contribution in [-0.4, -0.2) is 50.4 Å². The van der Waals surface area contributed by atoms with E-state index in [1.54, 1.807) is 32.4 Å². The lowest BCUT2D eigenvalue weighted by Gasteiger charge is -2.24. The number of nitrogens with zero attached hydrogens (tertiary/aromatic N) is 2. The van der Waals surface area contributed by atoms with E-state index < -0.39 is 0 Å². The maximum absolute atomic E-state index is 12.6. The third kappa shape index (κ3) is 4.30. The van der Waals surface area contributed by atoms with Crippen LogP contribution < -0.4 is 20.1 Å². The number of nitrogens with one attached hydrogen (secondary N) is 2. The number of likely N-dealkylation sites (N-methyl/N-ethyl adjacent to an activating group) is 1. The highest BCUT2D eigenvalue weighted by atomic mass is 16.5. The van der Waals surface area contributed by atoms with Crippen LogP contribution in [0, 0.1) is 0 Å². The van der Waals surface area contributed by atoms with Gasteiger partial charge in [0.2, 0.25) is 0 Å². The molecule has 0 aliphatic rings. The number of rotatable bonds is 7. The first-order valence-corrected chi connectivity index (χ1v) is 9.42. The number of carbonyl (C=O) groups is 1. The molecule has 1 heterocycles. The Balaban J connectivity index is 1.75. The second-order valence-electron chi connectivity index (χ2n) is 7.07. The monoisotopic (exact) mass is 396 g/mol.